The van der Waals surface area contributed by atoms with Gasteiger partial charge in [0.25, 0.3) is 0 Å². The lowest BCUT2D eigenvalue weighted by Crippen LogP contribution is -1.99. The molecule has 0 aliphatic carbocycles. The number of hydrogen-bond donors (Lipinski definition) is 1. The van der Waals surface area contributed by atoms with E-state index in [2.05, 4.69) is 9.97 Å². The number of para-hydroxylation sites is 1. The van der Waals surface area contributed by atoms with Gasteiger partial charge in [-0.05, 0) is 6.07 Å². The van der Waals surface area contributed by atoms with Gasteiger partial charge in [-0.15, -0.1) is 11.8 Å². The summed E-state index contributed by atoms with van der Waals surface area (Å²) in [7, 11) is 1.69. The van der Waals surface area contributed by atoms with Gasteiger partial charge in [0.15, 0.2) is 0 Å². The standard InChI is InChI=1S/C11H13N3OS/c1-15-6-7-16-10-8-4-2-3-5-9(8)13-11(12)14-10/h2-5H,6-7H2,1H3,(H2,12,13,14). The molecule has 84 valence electrons. The molecule has 2 aromatic rings. The molecule has 4 nitrogen and oxygen atoms in total. The number of ether oxygens (including phenoxy) is 1. The van der Waals surface area contributed by atoms with E-state index in [0.29, 0.717) is 12.6 Å². The number of nitrogens with two attached hydrogens (primary N) is 1. The number of rotatable bonds is 4. The molecule has 5 heteroatoms. The van der Waals surface area contributed by atoms with Gasteiger partial charge in [-0.1, -0.05) is 18.2 Å². The van der Waals surface area contributed by atoms with Crippen LogP contribution in [0.5, 0.6) is 0 Å². The molecule has 0 spiro atoms. The molecular weight excluding hydrogens is 222 g/mol. The minimum Gasteiger partial charge on any atom is -0.384 e. The summed E-state index contributed by atoms with van der Waals surface area (Å²) in [4.78, 5) is 8.43. The molecular formula is C11H13N3OS. The molecule has 1 aromatic carbocycles. The van der Waals surface area contributed by atoms with E-state index in [4.69, 9.17) is 10.5 Å². The SMILES string of the molecule is COCCSc1nc(N)nc2ccccc12. The molecule has 0 saturated carbocycles. The van der Waals surface area contributed by atoms with Gasteiger partial charge in [0.1, 0.15) is 5.03 Å². The summed E-state index contributed by atoms with van der Waals surface area (Å²) in [6.45, 7) is 0.697. The Kier molecular flexibility index (Phi) is 3.58. The van der Waals surface area contributed by atoms with Crippen molar-refractivity contribution >= 4 is 28.6 Å². The van der Waals surface area contributed by atoms with Gasteiger partial charge in [0, 0.05) is 18.2 Å². The number of nitrogens with zero attached hydrogens (tertiary/aromatic N) is 2. The molecule has 0 unspecified atom stereocenters. The number of anilines is 1. The first-order chi connectivity index (χ1) is 7.81. The van der Waals surface area contributed by atoms with Crippen molar-refractivity contribution in [2.24, 2.45) is 0 Å². The predicted octanol–water partition coefficient (Wildman–Crippen LogP) is 1.95. The number of benzene rings is 1. The van der Waals surface area contributed by atoms with E-state index in [0.717, 1.165) is 21.7 Å². The van der Waals surface area contributed by atoms with Crippen LogP contribution in [0.3, 0.4) is 0 Å². The fourth-order valence-electron chi connectivity index (χ4n) is 1.40. The van der Waals surface area contributed by atoms with Crippen LogP contribution in [0.15, 0.2) is 29.3 Å². The van der Waals surface area contributed by atoms with Crippen molar-refractivity contribution in [3.05, 3.63) is 24.3 Å². The van der Waals surface area contributed by atoms with Gasteiger partial charge in [0.05, 0.1) is 12.1 Å². The van der Waals surface area contributed by atoms with Crippen molar-refractivity contribution in [3.8, 4) is 0 Å². The average Bonchev–Trinajstić information content (AvgIpc) is 2.29. The smallest absolute Gasteiger partial charge is 0.221 e. The van der Waals surface area contributed by atoms with Crippen molar-refractivity contribution in [1.29, 1.82) is 0 Å². The first-order valence-corrected chi connectivity index (χ1v) is 5.94. The van der Waals surface area contributed by atoms with Gasteiger partial charge in [-0.3, -0.25) is 0 Å². The second kappa shape index (κ2) is 5.14. The number of hydrogen-bond acceptors (Lipinski definition) is 5. The third kappa shape index (κ3) is 2.43. The van der Waals surface area contributed by atoms with Crippen molar-refractivity contribution in [3.63, 3.8) is 0 Å². The Morgan fingerprint density at radius 1 is 1.31 bits per heavy atom. The minimum absolute atomic E-state index is 0.318. The monoisotopic (exact) mass is 235 g/mol. The first kappa shape index (κ1) is 11.2. The first-order valence-electron chi connectivity index (χ1n) is 4.95. The van der Waals surface area contributed by atoms with Crippen LogP contribution in [0, 0.1) is 0 Å². The van der Waals surface area contributed by atoms with Crippen LogP contribution in [0.25, 0.3) is 10.9 Å². The highest BCUT2D eigenvalue weighted by molar-refractivity contribution is 7.99. The number of thioether (sulfide) groups is 1. The highest BCUT2D eigenvalue weighted by Crippen LogP contribution is 2.25. The fraction of sp³-hybridized carbons (Fsp3) is 0.273. The van der Waals surface area contributed by atoms with Gasteiger partial charge in [-0.25, -0.2) is 9.97 Å². The molecule has 0 amide bonds. The quantitative estimate of drug-likeness (QED) is 0.498. The van der Waals surface area contributed by atoms with Crippen molar-refractivity contribution < 1.29 is 4.74 Å². The van der Waals surface area contributed by atoms with Crippen LogP contribution >= 0.6 is 11.8 Å². The van der Waals surface area contributed by atoms with Crippen LogP contribution in [-0.4, -0.2) is 29.4 Å². The normalized spacial score (nSPS) is 10.8. The van der Waals surface area contributed by atoms with E-state index in [1.165, 1.54) is 0 Å². The van der Waals surface area contributed by atoms with Crippen LogP contribution in [0.2, 0.25) is 0 Å². The summed E-state index contributed by atoms with van der Waals surface area (Å²) >= 11 is 1.63. The second-order valence-electron chi connectivity index (χ2n) is 3.25. The number of aromatic nitrogens is 2. The highest BCUT2D eigenvalue weighted by atomic mass is 32.2. The fourth-order valence-corrected chi connectivity index (χ4v) is 2.33. The minimum atomic E-state index is 0.318. The second-order valence-corrected chi connectivity index (χ2v) is 4.33. The van der Waals surface area contributed by atoms with Crippen molar-refractivity contribution in [1.82, 2.24) is 9.97 Å². The zero-order valence-electron chi connectivity index (χ0n) is 9.01. The third-order valence-corrected chi connectivity index (χ3v) is 3.07. The Bertz CT molecular complexity index is 490. The third-order valence-electron chi connectivity index (χ3n) is 2.11. The Hall–Kier alpha value is -1.33. The van der Waals surface area contributed by atoms with Crippen molar-refractivity contribution in [2.75, 3.05) is 25.2 Å². The summed E-state index contributed by atoms with van der Waals surface area (Å²) in [6.07, 6.45) is 0. The maximum atomic E-state index is 5.66. The van der Waals surface area contributed by atoms with Crippen molar-refractivity contribution in [2.45, 2.75) is 5.03 Å². The van der Waals surface area contributed by atoms with Crippen LogP contribution in [0.1, 0.15) is 0 Å². The highest BCUT2D eigenvalue weighted by Gasteiger charge is 2.05. The number of fused-ring (bicyclic) bond motifs is 1. The molecule has 2 N–H and O–H groups in total. The lowest BCUT2D eigenvalue weighted by atomic mass is 10.2. The lowest BCUT2D eigenvalue weighted by molar-refractivity contribution is 0.218. The molecule has 0 saturated heterocycles. The molecule has 1 aromatic heterocycles. The lowest BCUT2D eigenvalue weighted by Gasteiger charge is -2.05. The maximum absolute atomic E-state index is 5.66. The van der Waals surface area contributed by atoms with E-state index in [9.17, 15) is 0 Å². The molecule has 0 fully saturated rings. The maximum Gasteiger partial charge on any atom is 0.221 e. The molecule has 0 bridgehead atoms. The zero-order valence-corrected chi connectivity index (χ0v) is 9.83. The number of nitrogen functional groups attached to an aromatic ring is 1. The summed E-state index contributed by atoms with van der Waals surface area (Å²) in [5.41, 5.74) is 6.55. The molecule has 0 aliphatic heterocycles. The van der Waals surface area contributed by atoms with Crippen LogP contribution in [0.4, 0.5) is 5.95 Å². The zero-order chi connectivity index (χ0) is 11.4. The Labute approximate surface area is 98.2 Å². The summed E-state index contributed by atoms with van der Waals surface area (Å²) in [5.74, 6) is 1.18. The summed E-state index contributed by atoms with van der Waals surface area (Å²) < 4.78 is 5.01. The van der Waals surface area contributed by atoms with E-state index >= 15 is 0 Å². The van der Waals surface area contributed by atoms with Gasteiger partial charge in [-0.2, -0.15) is 0 Å². The van der Waals surface area contributed by atoms with Gasteiger partial charge < -0.3 is 10.5 Å². The van der Waals surface area contributed by atoms with E-state index in [1.54, 1.807) is 18.9 Å². The van der Waals surface area contributed by atoms with E-state index in [1.807, 2.05) is 24.3 Å². The molecule has 0 atom stereocenters. The predicted molar refractivity (Wildman–Crippen MR) is 66.6 cm³/mol. The van der Waals surface area contributed by atoms with Crippen LogP contribution < -0.4 is 5.73 Å². The van der Waals surface area contributed by atoms with E-state index < -0.39 is 0 Å². The summed E-state index contributed by atoms with van der Waals surface area (Å²) in [5, 5.41) is 1.96. The van der Waals surface area contributed by atoms with E-state index in [-0.39, 0.29) is 0 Å². The summed E-state index contributed by atoms with van der Waals surface area (Å²) in [6, 6.07) is 7.86. The van der Waals surface area contributed by atoms with Crippen LogP contribution in [-0.2, 0) is 4.74 Å². The molecule has 0 aliphatic rings. The Balaban J connectivity index is 2.34. The largest absolute Gasteiger partial charge is 0.384 e. The average molecular weight is 235 g/mol. The van der Waals surface area contributed by atoms with Gasteiger partial charge >= 0.3 is 0 Å². The van der Waals surface area contributed by atoms with Gasteiger partial charge in [0.2, 0.25) is 5.95 Å². The topological polar surface area (TPSA) is 61.0 Å². The number of methoxy groups -OCH3 is 1. The Morgan fingerprint density at radius 2 is 2.12 bits per heavy atom. The molecule has 2 rings (SSSR count). The molecule has 0 radical (unpaired) electrons. The molecule has 16 heavy (non-hydrogen) atoms. The Morgan fingerprint density at radius 3 is 2.94 bits per heavy atom. The molecule has 1 heterocycles.